The van der Waals surface area contributed by atoms with Crippen molar-refractivity contribution in [2.24, 2.45) is 0 Å². The number of aryl methyl sites for hydroxylation is 2. The minimum absolute atomic E-state index is 0.139. The first-order valence-electron chi connectivity index (χ1n) is 10.7. The molecule has 0 saturated heterocycles. The summed E-state index contributed by atoms with van der Waals surface area (Å²) in [6.07, 6.45) is 2.44. The molecule has 1 amide bonds. The monoisotopic (exact) mass is 425 g/mol. The SMILES string of the molecule is Cc1cc(NC(=O)C(c2ccccc2)c2ccccc2)n(-c2nc3c(c(=O)[nH]2)CCC3)n1. The Morgan fingerprint density at radius 1 is 1.03 bits per heavy atom. The van der Waals surface area contributed by atoms with Crippen molar-refractivity contribution in [3.63, 3.8) is 0 Å². The highest BCUT2D eigenvalue weighted by Gasteiger charge is 2.25. The van der Waals surface area contributed by atoms with E-state index in [9.17, 15) is 9.59 Å². The van der Waals surface area contributed by atoms with E-state index >= 15 is 0 Å². The normalized spacial score (nSPS) is 12.7. The molecular formula is C25H23N5O2. The Morgan fingerprint density at radius 3 is 2.34 bits per heavy atom. The lowest BCUT2D eigenvalue weighted by Crippen LogP contribution is -2.25. The van der Waals surface area contributed by atoms with Gasteiger partial charge in [0.25, 0.3) is 5.56 Å². The summed E-state index contributed by atoms with van der Waals surface area (Å²) < 4.78 is 1.50. The van der Waals surface area contributed by atoms with Crippen molar-refractivity contribution < 1.29 is 4.79 Å². The van der Waals surface area contributed by atoms with Crippen LogP contribution < -0.4 is 10.9 Å². The Bertz CT molecular complexity index is 1290. The van der Waals surface area contributed by atoms with Gasteiger partial charge in [0.15, 0.2) is 0 Å². The van der Waals surface area contributed by atoms with Crippen LogP contribution in [0.2, 0.25) is 0 Å². The number of carbonyl (C=O) groups excluding carboxylic acids is 1. The third-order valence-corrected chi connectivity index (χ3v) is 5.74. The van der Waals surface area contributed by atoms with Gasteiger partial charge in [-0.15, -0.1) is 0 Å². The van der Waals surface area contributed by atoms with Gasteiger partial charge < -0.3 is 5.32 Å². The zero-order chi connectivity index (χ0) is 22.1. The van der Waals surface area contributed by atoms with E-state index < -0.39 is 5.92 Å². The van der Waals surface area contributed by atoms with Crippen LogP contribution in [0, 0.1) is 6.92 Å². The van der Waals surface area contributed by atoms with Crippen LogP contribution in [0.15, 0.2) is 71.5 Å². The smallest absolute Gasteiger partial charge is 0.255 e. The molecule has 0 bridgehead atoms. The number of hydrogen-bond acceptors (Lipinski definition) is 4. The molecule has 1 aliphatic rings. The molecule has 7 nitrogen and oxygen atoms in total. The molecule has 1 aliphatic carbocycles. The first-order valence-corrected chi connectivity index (χ1v) is 10.7. The molecule has 160 valence electrons. The fourth-order valence-electron chi connectivity index (χ4n) is 4.26. The van der Waals surface area contributed by atoms with Gasteiger partial charge >= 0.3 is 0 Å². The van der Waals surface area contributed by atoms with Gasteiger partial charge in [0.2, 0.25) is 11.9 Å². The summed E-state index contributed by atoms with van der Waals surface area (Å²) in [5, 5.41) is 7.49. The zero-order valence-corrected chi connectivity index (χ0v) is 17.7. The summed E-state index contributed by atoms with van der Waals surface area (Å²) in [5.74, 6) is 0.0978. The number of fused-ring (bicyclic) bond motifs is 1. The highest BCUT2D eigenvalue weighted by atomic mass is 16.2. The van der Waals surface area contributed by atoms with E-state index in [0.717, 1.165) is 41.6 Å². The molecule has 2 aromatic heterocycles. The molecule has 0 atom stereocenters. The minimum Gasteiger partial charge on any atom is -0.310 e. The van der Waals surface area contributed by atoms with Gasteiger partial charge in [-0.25, -0.2) is 4.98 Å². The first kappa shape index (κ1) is 19.9. The highest BCUT2D eigenvalue weighted by Crippen LogP contribution is 2.27. The molecule has 5 rings (SSSR count). The number of H-pyrrole nitrogens is 1. The second-order valence-electron chi connectivity index (χ2n) is 7.99. The van der Waals surface area contributed by atoms with Crippen LogP contribution in [0.4, 0.5) is 5.82 Å². The molecule has 2 heterocycles. The maximum Gasteiger partial charge on any atom is 0.255 e. The Balaban J connectivity index is 1.52. The average molecular weight is 425 g/mol. The summed E-state index contributed by atoms with van der Waals surface area (Å²) >= 11 is 0. The molecular weight excluding hydrogens is 402 g/mol. The number of aromatic nitrogens is 4. The molecule has 0 saturated carbocycles. The van der Waals surface area contributed by atoms with Gasteiger partial charge in [0, 0.05) is 11.6 Å². The van der Waals surface area contributed by atoms with E-state index in [2.05, 4.69) is 20.4 Å². The van der Waals surface area contributed by atoms with E-state index in [-0.39, 0.29) is 11.5 Å². The second kappa shape index (κ2) is 8.26. The summed E-state index contributed by atoms with van der Waals surface area (Å²) in [7, 11) is 0. The largest absolute Gasteiger partial charge is 0.310 e. The average Bonchev–Trinajstić information content (AvgIpc) is 3.42. The lowest BCUT2D eigenvalue weighted by Gasteiger charge is -2.18. The van der Waals surface area contributed by atoms with Crippen LogP contribution in [0.3, 0.4) is 0 Å². The zero-order valence-electron chi connectivity index (χ0n) is 17.7. The van der Waals surface area contributed by atoms with Gasteiger partial charge in [0.1, 0.15) is 5.82 Å². The molecule has 2 aromatic carbocycles. The summed E-state index contributed by atoms with van der Waals surface area (Å²) in [4.78, 5) is 33.5. The summed E-state index contributed by atoms with van der Waals surface area (Å²) in [5.41, 5.74) is 3.90. The molecule has 0 spiro atoms. The molecule has 32 heavy (non-hydrogen) atoms. The summed E-state index contributed by atoms with van der Waals surface area (Å²) in [6.45, 7) is 1.84. The van der Waals surface area contributed by atoms with E-state index in [1.165, 1.54) is 4.68 Å². The maximum absolute atomic E-state index is 13.5. The lowest BCUT2D eigenvalue weighted by molar-refractivity contribution is -0.116. The van der Waals surface area contributed by atoms with Crippen LogP contribution in [0.1, 0.15) is 40.4 Å². The number of benzene rings is 2. The van der Waals surface area contributed by atoms with Crippen LogP contribution in [0.5, 0.6) is 0 Å². The molecule has 4 aromatic rings. The Labute approximate surface area is 185 Å². The van der Waals surface area contributed by atoms with Crippen molar-refractivity contribution in [1.29, 1.82) is 0 Å². The number of hydrogen-bond donors (Lipinski definition) is 2. The fourth-order valence-corrected chi connectivity index (χ4v) is 4.26. The van der Waals surface area contributed by atoms with Gasteiger partial charge in [-0.2, -0.15) is 9.78 Å². The predicted molar refractivity (Wildman–Crippen MR) is 122 cm³/mol. The number of nitrogens with zero attached hydrogens (tertiary/aromatic N) is 3. The van der Waals surface area contributed by atoms with Gasteiger partial charge in [-0.3, -0.25) is 14.6 Å². The maximum atomic E-state index is 13.5. The van der Waals surface area contributed by atoms with Crippen LogP contribution in [-0.2, 0) is 17.6 Å². The first-order chi connectivity index (χ1) is 15.6. The Kier molecular flexibility index (Phi) is 5.15. The van der Waals surface area contributed by atoms with Crippen molar-refractivity contribution >= 4 is 11.7 Å². The molecule has 0 fully saturated rings. The molecule has 0 radical (unpaired) electrons. The third-order valence-electron chi connectivity index (χ3n) is 5.74. The van der Waals surface area contributed by atoms with Crippen molar-refractivity contribution in [2.75, 3.05) is 5.32 Å². The number of nitrogens with one attached hydrogen (secondary N) is 2. The lowest BCUT2D eigenvalue weighted by atomic mass is 9.90. The van der Waals surface area contributed by atoms with E-state index in [1.54, 1.807) is 6.07 Å². The van der Waals surface area contributed by atoms with Crippen LogP contribution in [0.25, 0.3) is 5.95 Å². The van der Waals surface area contributed by atoms with Crippen molar-refractivity contribution in [3.05, 3.63) is 105 Å². The van der Waals surface area contributed by atoms with Crippen molar-refractivity contribution in [2.45, 2.75) is 32.1 Å². The second-order valence-corrected chi connectivity index (χ2v) is 7.99. The molecule has 0 aliphatic heterocycles. The molecule has 2 N–H and O–H groups in total. The fraction of sp³-hybridized carbons (Fsp3) is 0.200. The van der Waals surface area contributed by atoms with E-state index in [0.29, 0.717) is 17.5 Å². The summed E-state index contributed by atoms with van der Waals surface area (Å²) in [6, 6.07) is 21.1. The number of anilines is 1. The number of amides is 1. The van der Waals surface area contributed by atoms with E-state index in [4.69, 9.17) is 0 Å². The van der Waals surface area contributed by atoms with Gasteiger partial charge in [-0.1, -0.05) is 60.7 Å². The van der Waals surface area contributed by atoms with E-state index in [1.807, 2.05) is 67.6 Å². The van der Waals surface area contributed by atoms with Gasteiger partial charge in [-0.05, 0) is 37.3 Å². The number of rotatable bonds is 5. The van der Waals surface area contributed by atoms with Crippen molar-refractivity contribution in [3.8, 4) is 5.95 Å². The standard InChI is InChI=1S/C25H23N5O2/c1-16-15-21(30(29-16)25-26-20-14-8-13-19(20)23(31)28-25)27-24(32)22(17-9-4-2-5-10-17)18-11-6-3-7-12-18/h2-7,9-12,15,22H,8,13-14H2,1H3,(H,27,32)(H,26,28,31). The highest BCUT2D eigenvalue weighted by molar-refractivity contribution is 5.97. The quantitative estimate of drug-likeness (QED) is 0.512. The Morgan fingerprint density at radius 2 is 1.69 bits per heavy atom. The van der Waals surface area contributed by atoms with Crippen molar-refractivity contribution in [1.82, 2.24) is 19.7 Å². The van der Waals surface area contributed by atoms with Crippen LogP contribution in [-0.4, -0.2) is 25.7 Å². The number of carbonyl (C=O) groups is 1. The Hall–Kier alpha value is -4.00. The third kappa shape index (κ3) is 3.73. The topological polar surface area (TPSA) is 92.7 Å². The minimum atomic E-state index is -0.493. The molecule has 7 heteroatoms. The van der Waals surface area contributed by atoms with Crippen LogP contribution >= 0.6 is 0 Å². The predicted octanol–water partition coefficient (Wildman–Crippen LogP) is 3.52. The van der Waals surface area contributed by atoms with Gasteiger partial charge in [0.05, 0.1) is 17.3 Å². The number of aromatic amines is 1. The molecule has 0 unspecified atom stereocenters.